The molecule has 7 nitrogen and oxygen atoms in total. The number of hydrogen-bond acceptors (Lipinski definition) is 8. The fourth-order valence-electron chi connectivity index (χ4n) is 3.45. The second kappa shape index (κ2) is 11.4. The summed E-state index contributed by atoms with van der Waals surface area (Å²) in [6, 6.07) is 5.78. The fourth-order valence-corrected chi connectivity index (χ4v) is 10.1. The molecule has 0 amide bonds. The third-order valence-electron chi connectivity index (χ3n) is 4.67. The maximum absolute atomic E-state index is 13.7. The highest BCUT2D eigenvalue weighted by atomic mass is 32.2. The van der Waals surface area contributed by atoms with Gasteiger partial charge in [-0.2, -0.15) is 0 Å². The lowest BCUT2D eigenvalue weighted by Crippen LogP contribution is -2.28. The van der Waals surface area contributed by atoms with E-state index in [2.05, 4.69) is 0 Å². The lowest BCUT2D eigenvalue weighted by atomic mass is 9.95. The minimum Gasteiger partial charge on any atom is -0.308 e. The molecular weight excluding hydrogens is 446 g/mol. The number of carbonyl (C=O) groups excluding carboxylic acids is 1. The summed E-state index contributed by atoms with van der Waals surface area (Å²) in [5.74, 6) is -0.0728. The van der Waals surface area contributed by atoms with Crippen LogP contribution in [0.15, 0.2) is 23.1 Å². The van der Waals surface area contributed by atoms with Crippen LogP contribution in [0.25, 0.3) is 0 Å². The van der Waals surface area contributed by atoms with Gasteiger partial charge in [-0.15, -0.1) is 11.8 Å². The van der Waals surface area contributed by atoms with E-state index in [1.807, 2.05) is 25.1 Å². The van der Waals surface area contributed by atoms with Gasteiger partial charge in [0.25, 0.3) is 0 Å². The molecule has 0 N–H and O–H groups in total. The van der Waals surface area contributed by atoms with Gasteiger partial charge in [0.2, 0.25) is 0 Å². The molecule has 170 valence electrons. The monoisotopic (exact) mass is 478 g/mol. The summed E-state index contributed by atoms with van der Waals surface area (Å²) in [6.45, 7) is 9.14. The largest absolute Gasteiger partial charge is 0.345 e. The molecule has 0 bridgehead atoms. The number of hydrogen-bond donors (Lipinski definition) is 0. The molecule has 2 rings (SSSR count). The van der Waals surface area contributed by atoms with Gasteiger partial charge in [-0.25, -0.2) is 0 Å². The van der Waals surface area contributed by atoms with Crippen molar-refractivity contribution in [2.24, 2.45) is 5.92 Å². The van der Waals surface area contributed by atoms with Crippen LogP contribution in [0.5, 0.6) is 0 Å². The van der Waals surface area contributed by atoms with E-state index < -0.39 is 26.5 Å². The summed E-state index contributed by atoms with van der Waals surface area (Å²) in [5.41, 5.74) is 1.63. The van der Waals surface area contributed by atoms with Gasteiger partial charge in [-0.3, -0.25) is 13.9 Å². The summed E-state index contributed by atoms with van der Waals surface area (Å²) < 4.78 is 49.5. The molecule has 1 heterocycles. The molecule has 0 spiro atoms. The Labute approximate surface area is 183 Å². The van der Waals surface area contributed by atoms with Crippen LogP contribution in [0.3, 0.4) is 0 Å². The number of ketones is 1. The number of Topliss-reactive ketones (excluding diaryl/α,β-unsaturated/α-hetero) is 1. The zero-order chi connectivity index (χ0) is 22.4. The van der Waals surface area contributed by atoms with Crippen molar-refractivity contribution in [3.8, 4) is 0 Å². The molecule has 0 aromatic heterocycles. The summed E-state index contributed by atoms with van der Waals surface area (Å²) >= 11 is 1.56. The maximum Gasteiger partial charge on any atom is 0.345 e. The summed E-state index contributed by atoms with van der Waals surface area (Å²) in [5, 5.41) is -1.18. The molecule has 1 aromatic carbocycles. The van der Waals surface area contributed by atoms with Crippen LogP contribution in [-0.2, 0) is 27.2 Å². The van der Waals surface area contributed by atoms with Gasteiger partial charge in [0.15, 0.2) is 11.2 Å². The van der Waals surface area contributed by atoms with Crippen molar-refractivity contribution in [3.63, 3.8) is 0 Å². The highest BCUT2D eigenvalue weighted by Crippen LogP contribution is 2.72. The topological polar surface area (TPSA) is 88.1 Å². The highest BCUT2D eigenvalue weighted by molar-refractivity contribution is 7.99. The lowest BCUT2D eigenvalue weighted by molar-refractivity contribution is 0.0919. The molecule has 1 aliphatic heterocycles. The van der Waals surface area contributed by atoms with Crippen LogP contribution >= 0.6 is 27.0 Å². The predicted molar refractivity (Wildman–Crippen MR) is 120 cm³/mol. The highest BCUT2D eigenvalue weighted by Gasteiger charge is 2.52. The van der Waals surface area contributed by atoms with E-state index >= 15 is 0 Å². The van der Waals surface area contributed by atoms with Crippen molar-refractivity contribution in [3.05, 3.63) is 29.3 Å². The predicted octanol–water partition coefficient (Wildman–Crippen LogP) is 6.15. The second-order valence-electron chi connectivity index (χ2n) is 6.84. The van der Waals surface area contributed by atoms with Gasteiger partial charge in [-0.1, -0.05) is 11.6 Å². The van der Waals surface area contributed by atoms with Crippen molar-refractivity contribution in [2.45, 2.75) is 51.3 Å². The Hall–Kier alpha value is -0.460. The summed E-state index contributed by atoms with van der Waals surface area (Å²) in [6.07, 6.45) is 0.0355. The molecule has 0 saturated heterocycles. The fraction of sp³-hybridized carbons (Fsp3) is 0.650. The van der Waals surface area contributed by atoms with Crippen molar-refractivity contribution in [1.29, 1.82) is 0 Å². The van der Waals surface area contributed by atoms with Crippen LogP contribution in [-0.4, -0.2) is 43.4 Å². The molecule has 1 aromatic rings. The molecule has 0 fully saturated rings. The standard InChI is InChI=1S/C20H32O7P2S/c1-6-24-28(22,25-7-2)19(29(23,26-8-3)27-9-4)13-16-14-30-18-11-10-15(5)12-17(18)20(16)21/h10-12,16,19H,6-9,13-14H2,1-5H3. The van der Waals surface area contributed by atoms with Gasteiger partial charge in [-0.05, 0) is 53.2 Å². The molecule has 0 saturated carbocycles. The smallest absolute Gasteiger partial charge is 0.308 e. The number of rotatable bonds is 12. The summed E-state index contributed by atoms with van der Waals surface area (Å²) in [4.78, 5) is 14.2. The van der Waals surface area contributed by atoms with E-state index in [1.54, 1.807) is 39.5 Å². The van der Waals surface area contributed by atoms with Gasteiger partial charge in [0, 0.05) is 22.1 Å². The molecule has 10 heteroatoms. The Bertz CT molecular complexity index is 779. The van der Waals surface area contributed by atoms with E-state index in [9.17, 15) is 13.9 Å². The van der Waals surface area contributed by atoms with Crippen LogP contribution < -0.4 is 0 Å². The number of fused-ring (bicyclic) bond motifs is 1. The van der Waals surface area contributed by atoms with Crippen molar-refractivity contribution < 1.29 is 32.0 Å². The third-order valence-corrected chi connectivity index (χ3v) is 12.0. The van der Waals surface area contributed by atoms with Crippen LogP contribution in [0.4, 0.5) is 0 Å². The van der Waals surface area contributed by atoms with Gasteiger partial charge >= 0.3 is 15.2 Å². The first kappa shape index (κ1) is 25.8. The molecule has 1 aliphatic rings. The molecule has 1 atom stereocenters. The van der Waals surface area contributed by atoms with Crippen LogP contribution in [0.2, 0.25) is 0 Å². The molecule has 30 heavy (non-hydrogen) atoms. The summed E-state index contributed by atoms with van der Waals surface area (Å²) in [7, 11) is -7.74. The van der Waals surface area contributed by atoms with Crippen molar-refractivity contribution >= 4 is 32.7 Å². The van der Waals surface area contributed by atoms with Gasteiger partial charge < -0.3 is 18.1 Å². The number of carbonyl (C=O) groups is 1. The zero-order valence-electron chi connectivity index (χ0n) is 18.3. The minimum absolute atomic E-state index is 0.0355. The lowest BCUT2D eigenvalue weighted by Gasteiger charge is -2.34. The Morgan fingerprint density at radius 2 is 1.47 bits per heavy atom. The molecule has 0 radical (unpaired) electrons. The quantitative estimate of drug-likeness (QED) is 0.331. The van der Waals surface area contributed by atoms with Crippen LogP contribution in [0, 0.1) is 12.8 Å². The molecule has 0 aliphatic carbocycles. The van der Waals surface area contributed by atoms with E-state index in [-0.39, 0.29) is 38.6 Å². The first-order valence-corrected chi connectivity index (χ1v) is 14.5. The Morgan fingerprint density at radius 3 is 1.93 bits per heavy atom. The first-order valence-electron chi connectivity index (χ1n) is 10.3. The molecule has 1 unspecified atom stereocenters. The maximum atomic E-state index is 13.7. The van der Waals surface area contributed by atoms with Gasteiger partial charge in [0.05, 0.1) is 26.4 Å². The van der Waals surface area contributed by atoms with E-state index in [0.29, 0.717) is 11.3 Å². The Balaban J connectivity index is 2.45. The zero-order valence-corrected chi connectivity index (χ0v) is 20.9. The van der Waals surface area contributed by atoms with E-state index in [4.69, 9.17) is 18.1 Å². The number of benzene rings is 1. The van der Waals surface area contributed by atoms with E-state index in [0.717, 1.165) is 10.5 Å². The second-order valence-corrected chi connectivity index (χ2v) is 12.7. The van der Waals surface area contributed by atoms with Crippen molar-refractivity contribution in [2.75, 3.05) is 32.2 Å². The molecular formula is C20H32O7P2S. The average molecular weight is 478 g/mol. The van der Waals surface area contributed by atoms with Gasteiger partial charge in [0.1, 0.15) is 0 Å². The SMILES string of the molecule is CCOP(=O)(OCC)C(CC1CSc2ccc(C)cc2C1=O)P(=O)(OCC)OCC. The number of thioether (sulfide) groups is 1. The average Bonchev–Trinajstić information content (AvgIpc) is 2.68. The third kappa shape index (κ3) is 5.86. The Kier molecular flexibility index (Phi) is 9.82. The van der Waals surface area contributed by atoms with E-state index in [1.165, 1.54) is 0 Å². The number of aryl methyl sites for hydroxylation is 1. The van der Waals surface area contributed by atoms with Crippen LogP contribution in [0.1, 0.15) is 50.0 Å². The Morgan fingerprint density at radius 1 is 0.967 bits per heavy atom. The van der Waals surface area contributed by atoms with Crippen molar-refractivity contribution in [1.82, 2.24) is 0 Å². The minimum atomic E-state index is -3.87. The normalized spacial score (nSPS) is 17.4. The first-order chi connectivity index (χ1) is 14.2.